The number of piperidine rings is 1. The summed E-state index contributed by atoms with van der Waals surface area (Å²) >= 11 is 0. The van der Waals surface area contributed by atoms with Gasteiger partial charge in [-0.05, 0) is 36.5 Å². The first kappa shape index (κ1) is 20.3. The van der Waals surface area contributed by atoms with Gasteiger partial charge in [0, 0.05) is 12.6 Å². The van der Waals surface area contributed by atoms with Gasteiger partial charge < -0.3 is 14.7 Å². The molecule has 1 N–H and O–H groups in total. The van der Waals surface area contributed by atoms with Gasteiger partial charge in [-0.2, -0.15) is 0 Å². The molecule has 0 saturated carbocycles. The number of aliphatic hydroxyl groups is 1. The van der Waals surface area contributed by atoms with Crippen LogP contribution in [0.4, 0.5) is 4.39 Å². The number of benzene rings is 2. The van der Waals surface area contributed by atoms with Crippen molar-refractivity contribution in [2.75, 3.05) is 13.1 Å². The van der Waals surface area contributed by atoms with E-state index in [-0.39, 0.29) is 18.4 Å². The first-order valence-electron chi connectivity index (χ1n) is 9.82. The van der Waals surface area contributed by atoms with Gasteiger partial charge in [0.05, 0.1) is 13.0 Å². The van der Waals surface area contributed by atoms with Gasteiger partial charge in [0.1, 0.15) is 23.3 Å². The monoisotopic (exact) mass is 385 g/mol. The van der Waals surface area contributed by atoms with E-state index < -0.39 is 17.5 Å². The topological polar surface area (TPSA) is 49.8 Å². The summed E-state index contributed by atoms with van der Waals surface area (Å²) in [7, 11) is 0. The highest BCUT2D eigenvalue weighted by atomic mass is 19.1. The summed E-state index contributed by atoms with van der Waals surface area (Å²) in [4.78, 5) is 14.5. The van der Waals surface area contributed by atoms with Crippen LogP contribution in [0.2, 0.25) is 0 Å². The molecule has 1 aliphatic rings. The summed E-state index contributed by atoms with van der Waals surface area (Å²) in [5, 5.41) is 11.3. The lowest BCUT2D eigenvalue weighted by atomic mass is 9.81. The van der Waals surface area contributed by atoms with Gasteiger partial charge in [-0.3, -0.25) is 4.79 Å². The summed E-state index contributed by atoms with van der Waals surface area (Å²) < 4.78 is 19.6. The van der Waals surface area contributed by atoms with Crippen LogP contribution in [-0.2, 0) is 11.2 Å². The molecule has 2 aromatic rings. The molecule has 1 saturated heterocycles. The summed E-state index contributed by atoms with van der Waals surface area (Å²) in [6.07, 6.45) is 0.709. The Morgan fingerprint density at radius 3 is 2.68 bits per heavy atom. The largest absolute Gasteiger partial charge is 0.485 e. The third kappa shape index (κ3) is 5.10. The number of hydrogen-bond donors (Lipinski definition) is 1. The van der Waals surface area contributed by atoms with Crippen molar-refractivity contribution in [1.29, 1.82) is 0 Å². The van der Waals surface area contributed by atoms with Gasteiger partial charge in [0.15, 0.2) is 0 Å². The van der Waals surface area contributed by atoms with E-state index in [1.165, 1.54) is 12.1 Å². The highest BCUT2D eigenvalue weighted by Crippen LogP contribution is 2.32. The van der Waals surface area contributed by atoms with Crippen LogP contribution < -0.4 is 4.74 Å². The van der Waals surface area contributed by atoms with Crippen molar-refractivity contribution < 1.29 is 19.0 Å². The number of likely N-dealkylation sites (tertiary alicyclic amines) is 1. The normalized spacial score (nSPS) is 22.3. The standard InChI is InChI=1S/C23H28FNO3/c1-17(2)15-23(27)11-12-25(22(26)13-18-7-4-3-5-8-18)16-21(23)28-20-10-6-9-19(24)14-20/h3-10,14,17,21,27H,11-13,15-16H2,1-2H3/t21-,23+/m0/s1. The third-order valence-electron chi connectivity index (χ3n) is 5.19. The molecule has 0 unspecified atom stereocenters. The van der Waals surface area contributed by atoms with E-state index in [1.54, 1.807) is 17.0 Å². The van der Waals surface area contributed by atoms with Gasteiger partial charge in [-0.1, -0.05) is 50.2 Å². The molecule has 4 nitrogen and oxygen atoms in total. The molecule has 0 aliphatic carbocycles. The van der Waals surface area contributed by atoms with Gasteiger partial charge in [-0.25, -0.2) is 4.39 Å². The van der Waals surface area contributed by atoms with Crippen LogP contribution in [0.5, 0.6) is 5.75 Å². The number of ether oxygens (including phenoxy) is 1. The number of nitrogens with zero attached hydrogens (tertiary/aromatic N) is 1. The molecule has 150 valence electrons. The second-order valence-electron chi connectivity index (χ2n) is 8.02. The Labute approximate surface area is 165 Å². The zero-order valence-corrected chi connectivity index (χ0v) is 16.5. The van der Waals surface area contributed by atoms with E-state index in [1.807, 2.05) is 44.2 Å². The molecule has 0 radical (unpaired) electrons. The second-order valence-corrected chi connectivity index (χ2v) is 8.02. The zero-order chi connectivity index (χ0) is 20.1. The SMILES string of the molecule is CC(C)C[C@]1(O)CCN(C(=O)Cc2ccccc2)C[C@@H]1Oc1cccc(F)c1. The average Bonchev–Trinajstić information content (AvgIpc) is 2.64. The fourth-order valence-corrected chi connectivity index (χ4v) is 3.85. The Morgan fingerprint density at radius 1 is 1.25 bits per heavy atom. The lowest BCUT2D eigenvalue weighted by Gasteiger charge is -2.45. The Balaban J connectivity index is 1.75. The van der Waals surface area contributed by atoms with Crippen molar-refractivity contribution in [3.05, 3.63) is 66.0 Å². The van der Waals surface area contributed by atoms with Crippen molar-refractivity contribution in [3.8, 4) is 5.75 Å². The van der Waals surface area contributed by atoms with Crippen LogP contribution in [-0.4, -0.2) is 40.7 Å². The van der Waals surface area contributed by atoms with E-state index in [0.29, 0.717) is 31.6 Å². The van der Waals surface area contributed by atoms with E-state index in [0.717, 1.165) is 5.56 Å². The van der Waals surface area contributed by atoms with Gasteiger partial charge in [0.25, 0.3) is 0 Å². The molecular weight excluding hydrogens is 357 g/mol. The van der Waals surface area contributed by atoms with Crippen LogP contribution in [0.1, 0.15) is 32.3 Å². The highest BCUT2D eigenvalue weighted by molar-refractivity contribution is 5.79. The molecule has 0 bridgehead atoms. The Hall–Kier alpha value is -2.40. The predicted molar refractivity (Wildman–Crippen MR) is 107 cm³/mol. The van der Waals surface area contributed by atoms with Crippen molar-refractivity contribution >= 4 is 5.91 Å². The smallest absolute Gasteiger partial charge is 0.227 e. The minimum absolute atomic E-state index is 0.00522. The molecule has 0 aromatic heterocycles. The Bertz CT molecular complexity index is 795. The van der Waals surface area contributed by atoms with E-state index in [4.69, 9.17) is 4.74 Å². The molecule has 1 aliphatic heterocycles. The third-order valence-corrected chi connectivity index (χ3v) is 5.19. The zero-order valence-electron chi connectivity index (χ0n) is 16.5. The van der Waals surface area contributed by atoms with Gasteiger partial charge in [-0.15, -0.1) is 0 Å². The summed E-state index contributed by atoms with van der Waals surface area (Å²) in [5.41, 5.74) is -0.0950. The average molecular weight is 385 g/mol. The molecule has 28 heavy (non-hydrogen) atoms. The number of hydrogen-bond acceptors (Lipinski definition) is 3. The van der Waals surface area contributed by atoms with Crippen molar-refractivity contribution in [2.45, 2.75) is 44.8 Å². The predicted octanol–water partition coefficient (Wildman–Crippen LogP) is 3.83. The number of carbonyl (C=O) groups is 1. The molecule has 1 amide bonds. The number of halogens is 1. The molecule has 3 rings (SSSR count). The fourth-order valence-electron chi connectivity index (χ4n) is 3.85. The molecular formula is C23H28FNO3. The van der Waals surface area contributed by atoms with E-state index in [9.17, 15) is 14.3 Å². The maximum Gasteiger partial charge on any atom is 0.227 e. The number of amides is 1. The Kier molecular flexibility index (Phi) is 6.35. The lowest BCUT2D eigenvalue weighted by Crippen LogP contribution is -2.59. The van der Waals surface area contributed by atoms with Gasteiger partial charge in [0.2, 0.25) is 5.91 Å². The maximum absolute atomic E-state index is 13.6. The second kappa shape index (κ2) is 8.74. The molecule has 5 heteroatoms. The summed E-state index contributed by atoms with van der Waals surface area (Å²) in [5.74, 6) is 0.253. The summed E-state index contributed by atoms with van der Waals surface area (Å²) in [6.45, 7) is 4.86. The highest BCUT2D eigenvalue weighted by Gasteiger charge is 2.44. The van der Waals surface area contributed by atoms with Crippen LogP contribution in [0.25, 0.3) is 0 Å². The van der Waals surface area contributed by atoms with Crippen molar-refractivity contribution in [1.82, 2.24) is 4.90 Å². The number of rotatable bonds is 6. The summed E-state index contributed by atoms with van der Waals surface area (Å²) in [6, 6.07) is 15.5. The van der Waals surface area contributed by atoms with Crippen LogP contribution >= 0.6 is 0 Å². The number of carbonyl (C=O) groups excluding carboxylic acids is 1. The molecule has 2 atom stereocenters. The molecule has 0 spiro atoms. The molecule has 1 fully saturated rings. The van der Waals surface area contributed by atoms with E-state index >= 15 is 0 Å². The van der Waals surface area contributed by atoms with Crippen LogP contribution in [0.3, 0.4) is 0 Å². The van der Waals surface area contributed by atoms with Gasteiger partial charge >= 0.3 is 0 Å². The lowest BCUT2D eigenvalue weighted by molar-refractivity contribution is -0.147. The molecule has 2 aromatic carbocycles. The van der Waals surface area contributed by atoms with Crippen LogP contribution in [0.15, 0.2) is 54.6 Å². The first-order chi connectivity index (χ1) is 13.4. The first-order valence-corrected chi connectivity index (χ1v) is 9.82. The minimum atomic E-state index is -1.05. The minimum Gasteiger partial charge on any atom is -0.485 e. The van der Waals surface area contributed by atoms with Crippen molar-refractivity contribution in [2.24, 2.45) is 5.92 Å². The Morgan fingerprint density at radius 2 is 2.00 bits per heavy atom. The van der Waals surface area contributed by atoms with Crippen molar-refractivity contribution in [3.63, 3.8) is 0 Å². The maximum atomic E-state index is 13.6. The fraction of sp³-hybridized carbons (Fsp3) is 0.435. The quantitative estimate of drug-likeness (QED) is 0.822. The van der Waals surface area contributed by atoms with Crippen LogP contribution in [0, 0.1) is 11.7 Å². The molecule has 1 heterocycles. The van der Waals surface area contributed by atoms with E-state index in [2.05, 4.69) is 0 Å².